The number of aliphatic hydroxyl groups is 1. The SMILES string of the molecule is COC(=O)C(NC(=O)CC1CC1)C(O)c1ccccc1. The van der Waals surface area contributed by atoms with E-state index in [1.807, 2.05) is 6.07 Å². The van der Waals surface area contributed by atoms with Gasteiger partial charge in [-0.05, 0) is 24.3 Å². The Labute approximate surface area is 117 Å². The Hall–Kier alpha value is -1.88. The first kappa shape index (κ1) is 14.5. The molecule has 2 atom stereocenters. The predicted molar refractivity (Wildman–Crippen MR) is 72.7 cm³/mol. The van der Waals surface area contributed by atoms with Gasteiger partial charge in [0.25, 0.3) is 0 Å². The van der Waals surface area contributed by atoms with Crippen LogP contribution in [0, 0.1) is 5.92 Å². The Bertz CT molecular complexity index is 470. The maximum absolute atomic E-state index is 11.8. The second kappa shape index (κ2) is 6.52. The van der Waals surface area contributed by atoms with Gasteiger partial charge in [0.05, 0.1) is 7.11 Å². The number of hydrogen-bond donors (Lipinski definition) is 2. The number of benzene rings is 1. The number of aliphatic hydroxyl groups excluding tert-OH is 1. The quantitative estimate of drug-likeness (QED) is 0.766. The lowest BCUT2D eigenvalue weighted by Crippen LogP contribution is -2.45. The molecule has 20 heavy (non-hydrogen) atoms. The normalized spacial score (nSPS) is 17.1. The number of carbonyl (C=O) groups is 2. The molecule has 1 saturated carbocycles. The lowest BCUT2D eigenvalue weighted by atomic mass is 10.0. The summed E-state index contributed by atoms with van der Waals surface area (Å²) in [4.78, 5) is 23.6. The topological polar surface area (TPSA) is 75.6 Å². The van der Waals surface area contributed by atoms with E-state index >= 15 is 0 Å². The van der Waals surface area contributed by atoms with Crippen molar-refractivity contribution >= 4 is 11.9 Å². The molecule has 5 heteroatoms. The molecule has 1 aliphatic rings. The molecule has 1 fully saturated rings. The zero-order valence-electron chi connectivity index (χ0n) is 11.4. The highest BCUT2D eigenvalue weighted by molar-refractivity contribution is 5.85. The van der Waals surface area contributed by atoms with Crippen LogP contribution < -0.4 is 5.32 Å². The van der Waals surface area contributed by atoms with Gasteiger partial charge in [-0.2, -0.15) is 0 Å². The summed E-state index contributed by atoms with van der Waals surface area (Å²) in [6, 6.07) is 7.67. The summed E-state index contributed by atoms with van der Waals surface area (Å²) >= 11 is 0. The van der Waals surface area contributed by atoms with Gasteiger partial charge in [0.2, 0.25) is 5.91 Å². The van der Waals surface area contributed by atoms with Gasteiger partial charge in [-0.25, -0.2) is 4.79 Å². The number of rotatable bonds is 6. The molecule has 2 rings (SSSR count). The molecule has 0 bridgehead atoms. The third-order valence-electron chi connectivity index (χ3n) is 3.40. The van der Waals surface area contributed by atoms with E-state index in [1.54, 1.807) is 24.3 Å². The molecular formula is C15H19NO4. The molecular weight excluding hydrogens is 258 g/mol. The first-order chi connectivity index (χ1) is 9.61. The van der Waals surface area contributed by atoms with E-state index in [0.717, 1.165) is 12.8 Å². The van der Waals surface area contributed by atoms with E-state index in [-0.39, 0.29) is 5.91 Å². The molecule has 0 saturated heterocycles. The standard InChI is InChI=1S/C15H19NO4/c1-20-15(19)13(16-12(17)9-10-7-8-10)14(18)11-5-3-2-4-6-11/h2-6,10,13-14,18H,7-9H2,1H3,(H,16,17). The third-order valence-corrected chi connectivity index (χ3v) is 3.40. The summed E-state index contributed by atoms with van der Waals surface area (Å²) < 4.78 is 4.66. The number of carbonyl (C=O) groups excluding carboxylic acids is 2. The molecule has 1 aliphatic carbocycles. The van der Waals surface area contributed by atoms with Crippen molar-refractivity contribution in [2.45, 2.75) is 31.4 Å². The van der Waals surface area contributed by atoms with E-state index < -0.39 is 18.1 Å². The van der Waals surface area contributed by atoms with Crippen molar-refractivity contribution in [1.29, 1.82) is 0 Å². The van der Waals surface area contributed by atoms with Crippen LogP contribution in [0.3, 0.4) is 0 Å². The molecule has 108 valence electrons. The van der Waals surface area contributed by atoms with Gasteiger partial charge in [-0.3, -0.25) is 4.79 Å². The van der Waals surface area contributed by atoms with Gasteiger partial charge in [0.15, 0.2) is 6.04 Å². The average molecular weight is 277 g/mol. The Balaban J connectivity index is 2.05. The Morgan fingerprint density at radius 1 is 1.35 bits per heavy atom. The number of hydrogen-bond acceptors (Lipinski definition) is 4. The highest BCUT2D eigenvalue weighted by Crippen LogP contribution is 2.32. The van der Waals surface area contributed by atoms with E-state index in [2.05, 4.69) is 10.1 Å². The van der Waals surface area contributed by atoms with E-state index in [9.17, 15) is 14.7 Å². The summed E-state index contributed by atoms with van der Waals surface area (Å²) in [6.45, 7) is 0. The number of ether oxygens (including phenoxy) is 1. The van der Waals surface area contributed by atoms with Crippen molar-refractivity contribution in [2.75, 3.05) is 7.11 Å². The minimum atomic E-state index is -1.12. The van der Waals surface area contributed by atoms with Crippen LogP contribution in [0.15, 0.2) is 30.3 Å². The van der Waals surface area contributed by atoms with Gasteiger partial charge in [0.1, 0.15) is 6.10 Å². The molecule has 0 heterocycles. The first-order valence-corrected chi connectivity index (χ1v) is 6.72. The average Bonchev–Trinajstić information content (AvgIpc) is 3.28. The third kappa shape index (κ3) is 3.81. The van der Waals surface area contributed by atoms with Crippen molar-refractivity contribution < 1.29 is 19.4 Å². The molecule has 1 aromatic rings. The molecule has 2 unspecified atom stereocenters. The molecule has 2 N–H and O–H groups in total. The zero-order chi connectivity index (χ0) is 14.5. The van der Waals surface area contributed by atoms with Crippen molar-refractivity contribution in [3.63, 3.8) is 0 Å². The highest BCUT2D eigenvalue weighted by atomic mass is 16.5. The first-order valence-electron chi connectivity index (χ1n) is 6.72. The van der Waals surface area contributed by atoms with Gasteiger partial charge in [-0.1, -0.05) is 30.3 Å². The van der Waals surface area contributed by atoms with E-state index in [0.29, 0.717) is 17.9 Å². The van der Waals surface area contributed by atoms with Crippen molar-refractivity contribution in [3.8, 4) is 0 Å². The van der Waals surface area contributed by atoms with Crippen LogP contribution in [0.2, 0.25) is 0 Å². The zero-order valence-corrected chi connectivity index (χ0v) is 11.4. The predicted octanol–water partition coefficient (Wildman–Crippen LogP) is 1.18. The van der Waals surface area contributed by atoms with E-state index in [4.69, 9.17) is 0 Å². The van der Waals surface area contributed by atoms with E-state index in [1.165, 1.54) is 7.11 Å². The van der Waals surface area contributed by atoms with Crippen LogP contribution in [-0.2, 0) is 14.3 Å². The van der Waals surface area contributed by atoms with Gasteiger partial charge in [-0.15, -0.1) is 0 Å². The maximum atomic E-state index is 11.8. The lowest BCUT2D eigenvalue weighted by molar-refractivity contribution is -0.148. The van der Waals surface area contributed by atoms with Crippen molar-refractivity contribution in [3.05, 3.63) is 35.9 Å². The smallest absolute Gasteiger partial charge is 0.331 e. The van der Waals surface area contributed by atoms with Crippen LogP contribution >= 0.6 is 0 Å². The minimum Gasteiger partial charge on any atom is -0.467 e. The van der Waals surface area contributed by atoms with Crippen LogP contribution in [0.25, 0.3) is 0 Å². The minimum absolute atomic E-state index is 0.224. The highest BCUT2D eigenvalue weighted by Gasteiger charge is 2.32. The maximum Gasteiger partial charge on any atom is 0.331 e. The Kier molecular flexibility index (Phi) is 4.74. The summed E-state index contributed by atoms with van der Waals surface area (Å²) in [5, 5.41) is 12.8. The number of nitrogens with one attached hydrogen (secondary N) is 1. The van der Waals surface area contributed by atoms with Crippen LogP contribution in [0.1, 0.15) is 30.9 Å². The van der Waals surface area contributed by atoms with Gasteiger partial charge >= 0.3 is 5.97 Å². The molecule has 0 spiro atoms. The Morgan fingerprint density at radius 3 is 2.55 bits per heavy atom. The van der Waals surface area contributed by atoms with Crippen LogP contribution in [-0.4, -0.2) is 30.1 Å². The largest absolute Gasteiger partial charge is 0.467 e. The van der Waals surface area contributed by atoms with Gasteiger partial charge < -0.3 is 15.2 Å². The molecule has 1 amide bonds. The molecule has 5 nitrogen and oxygen atoms in total. The van der Waals surface area contributed by atoms with Crippen LogP contribution in [0.4, 0.5) is 0 Å². The molecule has 1 aromatic carbocycles. The fourth-order valence-electron chi connectivity index (χ4n) is 2.05. The second-order valence-electron chi connectivity index (χ2n) is 5.07. The number of methoxy groups -OCH3 is 1. The summed E-state index contributed by atoms with van der Waals surface area (Å²) in [5.41, 5.74) is 0.564. The number of esters is 1. The van der Waals surface area contributed by atoms with Crippen LogP contribution in [0.5, 0.6) is 0 Å². The molecule has 0 radical (unpaired) electrons. The number of amides is 1. The van der Waals surface area contributed by atoms with Crippen molar-refractivity contribution in [1.82, 2.24) is 5.32 Å². The summed E-state index contributed by atoms with van der Waals surface area (Å²) in [7, 11) is 1.24. The van der Waals surface area contributed by atoms with Gasteiger partial charge in [0, 0.05) is 6.42 Å². The molecule has 0 aliphatic heterocycles. The van der Waals surface area contributed by atoms with Crippen molar-refractivity contribution in [2.24, 2.45) is 5.92 Å². The summed E-state index contributed by atoms with van der Waals surface area (Å²) in [5.74, 6) is -0.453. The fraction of sp³-hybridized carbons (Fsp3) is 0.467. The Morgan fingerprint density at radius 2 is 2.00 bits per heavy atom. The fourth-order valence-corrected chi connectivity index (χ4v) is 2.05. The lowest BCUT2D eigenvalue weighted by Gasteiger charge is -2.22. The summed E-state index contributed by atoms with van der Waals surface area (Å²) in [6.07, 6.45) is 1.39. The monoisotopic (exact) mass is 277 g/mol. The second-order valence-corrected chi connectivity index (χ2v) is 5.07. The molecule has 0 aromatic heterocycles.